The van der Waals surface area contributed by atoms with Gasteiger partial charge in [0.1, 0.15) is 6.61 Å². The van der Waals surface area contributed by atoms with Crippen molar-refractivity contribution < 1.29 is 23.8 Å². The van der Waals surface area contributed by atoms with E-state index in [9.17, 15) is 9.59 Å². The lowest BCUT2D eigenvalue weighted by atomic mass is 10.1. The van der Waals surface area contributed by atoms with E-state index >= 15 is 0 Å². The lowest BCUT2D eigenvalue weighted by molar-refractivity contribution is -0.163. The summed E-state index contributed by atoms with van der Waals surface area (Å²) in [5.41, 5.74) is 0. The van der Waals surface area contributed by atoms with Gasteiger partial charge in [-0.3, -0.25) is 9.59 Å². The molecule has 0 heterocycles. The monoisotopic (exact) mass is 787 g/mol. The third kappa shape index (κ3) is 44.8. The lowest BCUT2D eigenvalue weighted by Gasteiger charge is -2.18. The van der Waals surface area contributed by atoms with Crippen LogP contribution >= 0.6 is 0 Å². The average Bonchev–Trinajstić information content (AvgIpc) is 3.20. The van der Waals surface area contributed by atoms with Gasteiger partial charge in [0.05, 0.1) is 6.61 Å². The molecular formula is C51H94O5. The number of hydrogen-bond donors (Lipinski definition) is 0. The van der Waals surface area contributed by atoms with E-state index in [1.807, 2.05) is 0 Å². The maximum atomic E-state index is 12.7. The van der Waals surface area contributed by atoms with Crippen LogP contribution in [0.2, 0.25) is 0 Å². The first-order chi connectivity index (χ1) is 27.6. The third-order valence-corrected chi connectivity index (χ3v) is 10.6. The molecule has 0 aliphatic heterocycles. The highest BCUT2D eigenvalue weighted by molar-refractivity contribution is 5.70. The number of carbonyl (C=O) groups is 2. The summed E-state index contributed by atoms with van der Waals surface area (Å²) < 4.78 is 17.3. The lowest BCUT2D eigenvalue weighted by Crippen LogP contribution is -2.30. The van der Waals surface area contributed by atoms with Crippen molar-refractivity contribution in [1.82, 2.24) is 0 Å². The zero-order valence-corrected chi connectivity index (χ0v) is 37.7. The summed E-state index contributed by atoms with van der Waals surface area (Å²) in [6.45, 7) is 7.75. The molecule has 0 aliphatic carbocycles. The smallest absolute Gasteiger partial charge is 0.306 e. The fraction of sp³-hybridized carbons (Fsp3) is 0.843. The number of esters is 2. The van der Waals surface area contributed by atoms with Gasteiger partial charge >= 0.3 is 11.9 Å². The zero-order valence-electron chi connectivity index (χ0n) is 37.7. The Morgan fingerprint density at radius 1 is 0.393 bits per heavy atom. The van der Waals surface area contributed by atoms with Crippen molar-refractivity contribution in [2.45, 2.75) is 258 Å². The van der Waals surface area contributed by atoms with Crippen molar-refractivity contribution in [3.8, 4) is 0 Å². The van der Waals surface area contributed by atoms with Gasteiger partial charge in [-0.05, 0) is 70.6 Å². The molecular weight excluding hydrogens is 693 g/mol. The fourth-order valence-electron chi connectivity index (χ4n) is 6.95. The molecule has 0 rings (SSSR count). The van der Waals surface area contributed by atoms with Crippen molar-refractivity contribution in [2.75, 3.05) is 19.8 Å². The van der Waals surface area contributed by atoms with Gasteiger partial charge in [0.25, 0.3) is 0 Å². The van der Waals surface area contributed by atoms with Crippen LogP contribution in [0.15, 0.2) is 36.5 Å². The third-order valence-electron chi connectivity index (χ3n) is 10.6. The highest BCUT2D eigenvalue weighted by atomic mass is 16.6. The van der Waals surface area contributed by atoms with Gasteiger partial charge in [-0.15, -0.1) is 0 Å². The second-order valence-corrected chi connectivity index (χ2v) is 16.4. The van der Waals surface area contributed by atoms with Crippen molar-refractivity contribution >= 4 is 11.9 Å². The highest BCUT2D eigenvalue weighted by Gasteiger charge is 2.17. The molecule has 0 bridgehead atoms. The molecule has 1 unspecified atom stereocenters. The first kappa shape index (κ1) is 54.1. The Kier molecular flexibility index (Phi) is 45.9. The van der Waals surface area contributed by atoms with Crippen LogP contribution in [0, 0.1) is 0 Å². The van der Waals surface area contributed by atoms with Gasteiger partial charge in [0.2, 0.25) is 0 Å². The van der Waals surface area contributed by atoms with Crippen LogP contribution in [0.3, 0.4) is 0 Å². The van der Waals surface area contributed by atoms with E-state index in [-0.39, 0.29) is 25.2 Å². The largest absolute Gasteiger partial charge is 0.462 e. The minimum Gasteiger partial charge on any atom is -0.462 e. The van der Waals surface area contributed by atoms with Crippen molar-refractivity contribution in [1.29, 1.82) is 0 Å². The molecule has 0 radical (unpaired) electrons. The van der Waals surface area contributed by atoms with Gasteiger partial charge in [-0.2, -0.15) is 0 Å². The standard InChI is InChI=1S/C51H94O5/c1-4-7-10-13-16-19-21-23-24-25-26-27-28-30-31-33-35-38-41-44-50(52)55-48-49(47-54-46-43-40-37-18-15-12-9-6-3)56-51(53)45-42-39-36-34-32-29-22-20-17-14-11-8-5-2/h11,14,20,22-24,49H,4-10,12-13,15-19,21,25-48H2,1-3H3/b14-11-,22-20-,24-23-. The quantitative estimate of drug-likeness (QED) is 0.0349. The number of carbonyl (C=O) groups excluding carboxylic acids is 2. The van der Waals surface area contributed by atoms with Gasteiger partial charge < -0.3 is 14.2 Å². The molecule has 0 aromatic carbocycles. The van der Waals surface area contributed by atoms with Gasteiger partial charge in [-0.1, -0.05) is 205 Å². The molecule has 0 amide bonds. The van der Waals surface area contributed by atoms with Crippen molar-refractivity contribution in [3.05, 3.63) is 36.5 Å². The summed E-state index contributed by atoms with van der Waals surface area (Å²) >= 11 is 0. The fourth-order valence-corrected chi connectivity index (χ4v) is 6.95. The molecule has 56 heavy (non-hydrogen) atoms. The van der Waals surface area contributed by atoms with Crippen molar-refractivity contribution in [2.24, 2.45) is 0 Å². The van der Waals surface area contributed by atoms with E-state index < -0.39 is 6.10 Å². The first-order valence-electron chi connectivity index (χ1n) is 24.5. The topological polar surface area (TPSA) is 61.8 Å². The van der Waals surface area contributed by atoms with Crippen LogP contribution in [-0.2, 0) is 23.8 Å². The SMILES string of the molecule is CCC/C=C\C/C=C\CCCCCCCC(=O)OC(COCCCCCCCCCC)COC(=O)CCCCCCCCCCC/C=C\CCCCCCCC. The predicted molar refractivity (Wildman–Crippen MR) is 242 cm³/mol. The van der Waals surface area contributed by atoms with E-state index in [1.54, 1.807) is 0 Å². The Bertz CT molecular complexity index is 893. The molecule has 0 aliphatic rings. The van der Waals surface area contributed by atoms with Gasteiger partial charge in [0, 0.05) is 19.4 Å². The summed E-state index contributed by atoms with van der Waals surface area (Å²) in [5.74, 6) is -0.408. The van der Waals surface area contributed by atoms with Crippen LogP contribution in [0.5, 0.6) is 0 Å². The van der Waals surface area contributed by atoms with E-state index in [1.165, 1.54) is 161 Å². The Balaban J connectivity index is 4.13. The number of ether oxygens (including phenoxy) is 3. The summed E-state index contributed by atoms with van der Waals surface area (Å²) in [6, 6.07) is 0. The van der Waals surface area contributed by atoms with Crippen LogP contribution in [0.1, 0.15) is 252 Å². The minimum atomic E-state index is -0.537. The Labute approximate surface area is 349 Å². The predicted octanol–water partition coefficient (Wildman–Crippen LogP) is 16.2. The summed E-state index contributed by atoms with van der Waals surface area (Å²) in [4.78, 5) is 25.3. The van der Waals surface area contributed by atoms with Crippen molar-refractivity contribution in [3.63, 3.8) is 0 Å². The highest BCUT2D eigenvalue weighted by Crippen LogP contribution is 2.14. The van der Waals surface area contributed by atoms with Gasteiger partial charge in [0.15, 0.2) is 6.10 Å². The molecule has 5 nitrogen and oxygen atoms in total. The zero-order chi connectivity index (χ0) is 40.7. The Morgan fingerprint density at radius 3 is 1.27 bits per heavy atom. The number of allylic oxidation sites excluding steroid dienone is 6. The van der Waals surface area contributed by atoms with Gasteiger partial charge in [-0.25, -0.2) is 0 Å². The summed E-state index contributed by atoms with van der Waals surface area (Å²) in [5, 5.41) is 0. The normalized spacial score (nSPS) is 12.4. The van der Waals surface area contributed by atoms with E-state index in [0.29, 0.717) is 19.4 Å². The van der Waals surface area contributed by atoms with Crippen LogP contribution < -0.4 is 0 Å². The summed E-state index contributed by atoms with van der Waals surface area (Å²) in [6.07, 6.45) is 55.8. The van der Waals surface area contributed by atoms with Crippen LogP contribution in [0.4, 0.5) is 0 Å². The molecule has 328 valence electrons. The van der Waals surface area contributed by atoms with E-state index in [0.717, 1.165) is 57.8 Å². The molecule has 0 fully saturated rings. The average molecular weight is 787 g/mol. The van der Waals surface area contributed by atoms with Crippen LogP contribution in [0.25, 0.3) is 0 Å². The van der Waals surface area contributed by atoms with E-state index in [2.05, 4.69) is 57.2 Å². The second kappa shape index (κ2) is 47.5. The number of hydrogen-bond acceptors (Lipinski definition) is 5. The van der Waals surface area contributed by atoms with Crippen LogP contribution in [-0.4, -0.2) is 37.9 Å². The molecule has 0 saturated heterocycles. The summed E-state index contributed by atoms with van der Waals surface area (Å²) in [7, 11) is 0. The molecule has 0 aromatic rings. The maximum absolute atomic E-state index is 12.7. The maximum Gasteiger partial charge on any atom is 0.306 e. The second-order valence-electron chi connectivity index (χ2n) is 16.4. The Morgan fingerprint density at radius 2 is 0.786 bits per heavy atom. The molecule has 0 saturated carbocycles. The van der Waals surface area contributed by atoms with E-state index in [4.69, 9.17) is 14.2 Å². The number of rotatable bonds is 45. The molecule has 0 spiro atoms. The Hall–Kier alpha value is -1.88. The molecule has 1 atom stereocenters. The molecule has 0 N–H and O–H groups in total. The molecule has 5 heteroatoms. The molecule has 0 aromatic heterocycles. The minimum absolute atomic E-state index is 0.0822. The first-order valence-corrected chi connectivity index (χ1v) is 24.5. The number of unbranched alkanes of at least 4 members (excludes halogenated alkanes) is 28.